The largest absolute Gasteiger partial charge is 0.493 e. The highest BCUT2D eigenvalue weighted by atomic mass is 16.5. The molecule has 134 valence electrons. The number of carboxylic acids is 2. The van der Waals surface area contributed by atoms with E-state index in [1.165, 1.54) is 5.56 Å². The Kier molecular flexibility index (Phi) is 9.48. The molecule has 1 saturated heterocycles. The van der Waals surface area contributed by atoms with Crippen LogP contribution >= 0.6 is 0 Å². The highest BCUT2D eigenvalue weighted by molar-refractivity contribution is 6.27. The molecule has 1 aromatic rings. The van der Waals surface area contributed by atoms with Crippen molar-refractivity contribution in [3.05, 3.63) is 29.8 Å². The van der Waals surface area contributed by atoms with Crippen LogP contribution in [0.3, 0.4) is 0 Å². The van der Waals surface area contributed by atoms with E-state index in [1.54, 1.807) is 0 Å². The number of aliphatic carboxylic acids is 2. The van der Waals surface area contributed by atoms with Gasteiger partial charge in [0.05, 0.1) is 19.8 Å². The normalized spacial score (nSPS) is 14.4. The average molecular weight is 339 g/mol. The van der Waals surface area contributed by atoms with E-state index < -0.39 is 11.9 Å². The highest BCUT2D eigenvalue weighted by Crippen LogP contribution is 2.18. The molecule has 2 rings (SSSR count). The van der Waals surface area contributed by atoms with Crippen LogP contribution in [0.15, 0.2) is 24.3 Å². The molecule has 1 aromatic carbocycles. The molecule has 0 atom stereocenters. The van der Waals surface area contributed by atoms with Crippen LogP contribution in [0, 0.1) is 0 Å². The molecule has 1 aliphatic heterocycles. The van der Waals surface area contributed by atoms with Gasteiger partial charge in [-0.1, -0.05) is 25.1 Å². The summed E-state index contributed by atoms with van der Waals surface area (Å²) in [7, 11) is 0. The van der Waals surface area contributed by atoms with E-state index in [4.69, 9.17) is 29.3 Å². The first-order chi connectivity index (χ1) is 11.5. The third kappa shape index (κ3) is 7.94. The molecule has 1 heterocycles. The van der Waals surface area contributed by atoms with Crippen LogP contribution in [-0.2, 0) is 20.7 Å². The SMILES string of the molecule is CCc1ccccc1OCCCN1CCOCC1.O=C(O)C(=O)O. The maximum absolute atomic E-state index is 9.10. The van der Waals surface area contributed by atoms with Crippen molar-refractivity contribution in [2.24, 2.45) is 0 Å². The molecular formula is C17H25NO6. The van der Waals surface area contributed by atoms with Gasteiger partial charge < -0.3 is 19.7 Å². The Morgan fingerprint density at radius 3 is 2.38 bits per heavy atom. The van der Waals surface area contributed by atoms with Crippen LogP contribution in [0.2, 0.25) is 0 Å². The maximum Gasteiger partial charge on any atom is 0.414 e. The quantitative estimate of drug-likeness (QED) is 0.599. The second-order valence-corrected chi connectivity index (χ2v) is 5.23. The predicted molar refractivity (Wildman–Crippen MR) is 88.5 cm³/mol. The van der Waals surface area contributed by atoms with Crippen molar-refractivity contribution in [3.8, 4) is 5.75 Å². The Hall–Kier alpha value is -2.12. The van der Waals surface area contributed by atoms with E-state index >= 15 is 0 Å². The average Bonchev–Trinajstić information content (AvgIpc) is 2.60. The lowest BCUT2D eigenvalue weighted by Crippen LogP contribution is -2.37. The number of para-hydroxylation sites is 1. The van der Waals surface area contributed by atoms with Crippen molar-refractivity contribution in [1.82, 2.24) is 4.90 Å². The molecule has 0 unspecified atom stereocenters. The van der Waals surface area contributed by atoms with Gasteiger partial charge in [0, 0.05) is 19.6 Å². The topological polar surface area (TPSA) is 96.3 Å². The maximum atomic E-state index is 9.10. The summed E-state index contributed by atoms with van der Waals surface area (Å²) < 4.78 is 11.2. The molecule has 1 aliphatic rings. The van der Waals surface area contributed by atoms with Gasteiger partial charge in [0.1, 0.15) is 5.75 Å². The summed E-state index contributed by atoms with van der Waals surface area (Å²) in [5.74, 6) is -2.60. The number of hydrogen-bond donors (Lipinski definition) is 2. The predicted octanol–water partition coefficient (Wildman–Crippen LogP) is 1.51. The second-order valence-electron chi connectivity index (χ2n) is 5.23. The van der Waals surface area contributed by atoms with E-state index in [-0.39, 0.29) is 0 Å². The zero-order valence-electron chi connectivity index (χ0n) is 13.9. The third-order valence-electron chi connectivity index (χ3n) is 3.52. The van der Waals surface area contributed by atoms with Crippen LogP contribution in [0.25, 0.3) is 0 Å². The Balaban J connectivity index is 0.000000413. The summed E-state index contributed by atoms with van der Waals surface area (Å²) in [6.07, 6.45) is 2.11. The molecule has 7 heteroatoms. The number of hydrogen-bond acceptors (Lipinski definition) is 5. The van der Waals surface area contributed by atoms with Crippen molar-refractivity contribution in [2.75, 3.05) is 39.5 Å². The molecular weight excluding hydrogens is 314 g/mol. The Labute approximate surface area is 141 Å². The fraction of sp³-hybridized carbons (Fsp3) is 0.529. The summed E-state index contributed by atoms with van der Waals surface area (Å²) in [4.78, 5) is 20.6. The molecule has 24 heavy (non-hydrogen) atoms. The first-order valence-electron chi connectivity index (χ1n) is 8.01. The van der Waals surface area contributed by atoms with Crippen LogP contribution in [-0.4, -0.2) is 66.5 Å². The minimum Gasteiger partial charge on any atom is -0.493 e. The van der Waals surface area contributed by atoms with E-state index in [0.717, 1.165) is 58.0 Å². The first-order valence-corrected chi connectivity index (χ1v) is 8.01. The summed E-state index contributed by atoms with van der Waals surface area (Å²) >= 11 is 0. The third-order valence-corrected chi connectivity index (χ3v) is 3.52. The zero-order chi connectivity index (χ0) is 17.8. The van der Waals surface area contributed by atoms with Gasteiger partial charge in [0.15, 0.2) is 0 Å². The van der Waals surface area contributed by atoms with Crippen molar-refractivity contribution in [3.63, 3.8) is 0 Å². The van der Waals surface area contributed by atoms with Gasteiger partial charge in [0.25, 0.3) is 0 Å². The smallest absolute Gasteiger partial charge is 0.414 e. The fourth-order valence-electron chi connectivity index (χ4n) is 2.23. The monoisotopic (exact) mass is 339 g/mol. The van der Waals surface area contributed by atoms with Crippen LogP contribution < -0.4 is 4.74 Å². The van der Waals surface area contributed by atoms with E-state index in [9.17, 15) is 0 Å². The van der Waals surface area contributed by atoms with Gasteiger partial charge in [-0.15, -0.1) is 0 Å². The van der Waals surface area contributed by atoms with Crippen molar-refractivity contribution < 1.29 is 29.3 Å². The highest BCUT2D eigenvalue weighted by Gasteiger charge is 2.09. The first kappa shape index (κ1) is 19.9. The fourth-order valence-corrected chi connectivity index (χ4v) is 2.23. The summed E-state index contributed by atoms with van der Waals surface area (Å²) in [6.45, 7) is 7.94. The second kappa shape index (κ2) is 11.4. The number of carbonyl (C=O) groups is 2. The van der Waals surface area contributed by atoms with Crippen molar-refractivity contribution >= 4 is 11.9 Å². The number of benzene rings is 1. The van der Waals surface area contributed by atoms with Gasteiger partial charge >= 0.3 is 11.9 Å². The van der Waals surface area contributed by atoms with Crippen LogP contribution in [0.5, 0.6) is 5.75 Å². The lowest BCUT2D eigenvalue weighted by Gasteiger charge is -2.26. The molecule has 2 N–H and O–H groups in total. The molecule has 0 aromatic heterocycles. The van der Waals surface area contributed by atoms with Gasteiger partial charge in [-0.25, -0.2) is 9.59 Å². The van der Waals surface area contributed by atoms with Crippen molar-refractivity contribution in [1.29, 1.82) is 0 Å². The molecule has 0 saturated carbocycles. The Morgan fingerprint density at radius 1 is 1.17 bits per heavy atom. The van der Waals surface area contributed by atoms with Gasteiger partial charge in [-0.05, 0) is 24.5 Å². The van der Waals surface area contributed by atoms with E-state index in [2.05, 4.69) is 30.0 Å². The van der Waals surface area contributed by atoms with Gasteiger partial charge in [-0.2, -0.15) is 0 Å². The summed E-state index contributed by atoms with van der Waals surface area (Å²) in [6, 6.07) is 8.31. The minimum absolute atomic E-state index is 0.800. The van der Waals surface area contributed by atoms with Crippen molar-refractivity contribution in [2.45, 2.75) is 19.8 Å². The molecule has 1 fully saturated rings. The molecule has 0 spiro atoms. The van der Waals surface area contributed by atoms with Crippen LogP contribution in [0.4, 0.5) is 0 Å². The number of ether oxygens (including phenoxy) is 2. The Morgan fingerprint density at radius 2 is 1.79 bits per heavy atom. The number of carboxylic acid groups (broad SMARTS) is 2. The Bertz CT molecular complexity index is 502. The van der Waals surface area contributed by atoms with Gasteiger partial charge in [-0.3, -0.25) is 4.90 Å². The lowest BCUT2D eigenvalue weighted by atomic mass is 10.1. The van der Waals surface area contributed by atoms with E-state index in [1.807, 2.05) is 6.07 Å². The minimum atomic E-state index is -1.82. The summed E-state index contributed by atoms with van der Waals surface area (Å²) in [5, 5.41) is 14.8. The van der Waals surface area contributed by atoms with Gasteiger partial charge in [0.2, 0.25) is 0 Å². The number of rotatable bonds is 6. The molecule has 0 radical (unpaired) electrons. The molecule has 0 amide bonds. The van der Waals surface area contributed by atoms with Crippen LogP contribution in [0.1, 0.15) is 18.9 Å². The number of morpholine rings is 1. The lowest BCUT2D eigenvalue weighted by molar-refractivity contribution is -0.159. The number of aryl methyl sites for hydroxylation is 1. The molecule has 7 nitrogen and oxygen atoms in total. The standard InChI is InChI=1S/C15H23NO2.C2H2O4/c1-2-14-6-3-4-7-15(14)18-11-5-8-16-9-12-17-13-10-16;3-1(4)2(5)6/h3-4,6-7H,2,5,8-13H2,1H3;(H,3,4)(H,5,6). The number of nitrogens with zero attached hydrogens (tertiary/aromatic N) is 1. The zero-order valence-corrected chi connectivity index (χ0v) is 13.9. The van der Waals surface area contributed by atoms with E-state index in [0.29, 0.717) is 0 Å². The molecule has 0 aliphatic carbocycles. The molecule has 0 bridgehead atoms. The summed E-state index contributed by atoms with van der Waals surface area (Å²) in [5.41, 5.74) is 1.30.